The zero-order valence-electron chi connectivity index (χ0n) is 8.50. The van der Waals surface area contributed by atoms with Gasteiger partial charge in [-0.15, -0.1) is 0 Å². The predicted molar refractivity (Wildman–Crippen MR) is 60.6 cm³/mol. The molecular weight excluding hydrogens is 204 g/mol. The number of nitrogens with zero attached hydrogens (tertiary/aromatic N) is 3. The number of nitrogens with two attached hydrogens (primary N) is 1. The largest absolute Gasteiger partial charge is 0.351 e. The van der Waals surface area contributed by atoms with Crippen molar-refractivity contribution in [2.45, 2.75) is 6.42 Å². The van der Waals surface area contributed by atoms with Crippen LogP contribution in [0, 0.1) is 5.92 Å². The second-order valence-corrected chi connectivity index (χ2v) is 3.81. The van der Waals surface area contributed by atoms with E-state index in [0.29, 0.717) is 17.4 Å². The Morgan fingerprint density at radius 3 is 3.25 bits per heavy atom. The first-order chi connectivity index (χ1) is 7.75. The Hall–Kier alpha value is -2.17. The molecule has 1 unspecified atom stereocenters. The van der Waals surface area contributed by atoms with Gasteiger partial charge in [-0.25, -0.2) is 9.78 Å². The number of hydrogen-bond donors (Lipinski definition) is 1. The number of allylic oxidation sites excluding steroid dienone is 1. The van der Waals surface area contributed by atoms with Gasteiger partial charge in [0.1, 0.15) is 5.69 Å². The second-order valence-electron chi connectivity index (χ2n) is 3.81. The van der Waals surface area contributed by atoms with Crippen LogP contribution >= 0.6 is 0 Å². The molecule has 3 rings (SSSR count). The fourth-order valence-electron chi connectivity index (χ4n) is 1.73. The van der Waals surface area contributed by atoms with Crippen LogP contribution in [0.4, 0.5) is 16.3 Å². The second kappa shape index (κ2) is 3.16. The summed E-state index contributed by atoms with van der Waals surface area (Å²) in [6, 6.07) is 3.08. The molecule has 0 spiro atoms. The average Bonchev–Trinajstić information content (AvgIpc) is 2.96. The van der Waals surface area contributed by atoms with Gasteiger partial charge in [0.25, 0.3) is 0 Å². The van der Waals surface area contributed by atoms with Gasteiger partial charge in [-0.3, -0.25) is 9.89 Å². The monoisotopic (exact) mass is 214 g/mol. The molecule has 2 amide bonds. The molecule has 1 fully saturated rings. The molecule has 0 aromatic carbocycles. The van der Waals surface area contributed by atoms with Crippen molar-refractivity contribution >= 4 is 23.2 Å². The van der Waals surface area contributed by atoms with Gasteiger partial charge in [0, 0.05) is 24.0 Å². The van der Waals surface area contributed by atoms with Crippen molar-refractivity contribution in [3.8, 4) is 0 Å². The maximum Gasteiger partial charge on any atom is 0.324 e. The molecule has 2 aliphatic rings. The normalized spacial score (nSPS) is 23.4. The lowest BCUT2D eigenvalue weighted by molar-refractivity contribution is 0.255. The molecule has 1 saturated carbocycles. The highest BCUT2D eigenvalue weighted by molar-refractivity contribution is 6.06. The number of urea groups is 1. The summed E-state index contributed by atoms with van der Waals surface area (Å²) in [5.74, 6) is 0.847. The van der Waals surface area contributed by atoms with Crippen LogP contribution in [-0.2, 0) is 0 Å². The highest BCUT2D eigenvalue weighted by atomic mass is 16.2. The minimum absolute atomic E-state index is 0.357. The number of pyridine rings is 1. The molecular formula is C11H10N4O. The Morgan fingerprint density at radius 2 is 2.44 bits per heavy atom. The summed E-state index contributed by atoms with van der Waals surface area (Å²) in [6.07, 6.45) is 6.19. The van der Waals surface area contributed by atoms with Gasteiger partial charge in [-0.05, 0) is 18.6 Å². The zero-order chi connectivity index (χ0) is 11.1. The number of primary amides is 1. The van der Waals surface area contributed by atoms with Crippen LogP contribution in [0.3, 0.4) is 0 Å². The first-order valence-corrected chi connectivity index (χ1v) is 5.05. The van der Waals surface area contributed by atoms with Crippen molar-refractivity contribution in [2.24, 2.45) is 16.6 Å². The SMILES string of the molecule is NC(=O)N1/C=C\C2CC2=Nc2cccnc21. The van der Waals surface area contributed by atoms with Gasteiger partial charge in [0.2, 0.25) is 0 Å². The molecule has 0 radical (unpaired) electrons. The smallest absolute Gasteiger partial charge is 0.324 e. The third kappa shape index (κ3) is 1.37. The lowest BCUT2D eigenvalue weighted by atomic mass is 10.3. The summed E-state index contributed by atoms with van der Waals surface area (Å²) in [7, 11) is 0. The van der Waals surface area contributed by atoms with Gasteiger partial charge in [-0.1, -0.05) is 6.08 Å². The fourth-order valence-corrected chi connectivity index (χ4v) is 1.73. The Bertz CT molecular complexity index is 520. The van der Waals surface area contributed by atoms with Gasteiger partial charge in [0.05, 0.1) is 0 Å². The molecule has 1 atom stereocenters. The van der Waals surface area contributed by atoms with Crippen molar-refractivity contribution < 1.29 is 4.79 Å². The minimum Gasteiger partial charge on any atom is -0.351 e. The maximum atomic E-state index is 11.3. The molecule has 16 heavy (non-hydrogen) atoms. The van der Waals surface area contributed by atoms with Gasteiger partial charge in [-0.2, -0.15) is 0 Å². The van der Waals surface area contributed by atoms with Crippen LogP contribution in [-0.4, -0.2) is 16.7 Å². The summed E-state index contributed by atoms with van der Waals surface area (Å²) in [6.45, 7) is 0. The molecule has 5 heteroatoms. The van der Waals surface area contributed by atoms with Gasteiger partial charge >= 0.3 is 6.03 Å². The first kappa shape index (κ1) is 9.08. The molecule has 1 aliphatic carbocycles. The standard InChI is InChI=1S/C11H10N4O/c12-11(16)15-5-3-7-6-9(7)14-8-2-1-4-13-10(8)15/h1-5,7H,6H2,(H2,12,16)/b5-3-,14-9?. The Kier molecular flexibility index (Phi) is 1.80. The molecule has 0 saturated heterocycles. The molecule has 1 aromatic rings. The molecule has 2 heterocycles. The fraction of sp³-hybridized carbons (Fsp3) is 0.182. The Morgan fingerprint density at radius 1 is 1.56 bits per heavy atom. The van der Waals surface area contributed by atoms with Crippen molar-refractivity contribution in [1.82, 2.24) is 4.98 Å². The van der Waals surface area contributed by atoms with Crippen molar-refractivity contribution in [3.05, 3.63) is 30.6 Å². The van der Waals surface area contributed by atoms with Crippen LogP contribution in [0.15, 0.2) is 35.6 Å². The van der Waals surface area contributed by atoms with Crippen LogP contribution in [0.25, 0.3) is 0 Å². The summed E-state index contributed by atoms with van der Waals surface area (Å²) < 4.78 is 0. The van der Waals surface area contributed by atoms with E-state index in [9.17, 15) is 4.79 Å². The highest BCUT2D eigenvalue weighted by Crippen LogP contribution is 2.36. The van der Waals surface area contributed by atoms with E-state index >= 15 is 0 Å². The van der Waals surface area contributed by atoms with E-state index in [1.807, 2.05) is 12.1 Å². The number of aromatic nitrogens is 1. The van der Waals surface area contributed by atoms with E-state index in [-0.39, 0.29) is 0 Å². The number of rotatable bonds is 0. The number of fused-ring (bicyclic) bond motifs is 2. The number of amides is 2. The zero-order valence-corrected chi connectivity index (χ0v) is 8.50. The third-order valence-electron chi connectivity index (χ3n) is 2.66. The number of anilines is 1. The van der Waals surface area contributed by atoms with Crippen LogP contribution < -0.4 is 10.6 Å². The number of hydrogen-bond acceptors (Lipinski definition) is 3. The number of aliphatic imine (C=N–C) groups is 1. The lowest BCUT2D eigenvalue weighted by Crippen LogP contribution is -2.31. The summed E-state index contributed by atoms with van der Waals surface area (Å²) in [5, 5.41) is 0. The molecule has 5 nitrogen and oxygen atoms in total. The lowest BCUT2D eigenvalue weighted by Gasteiger charge is -2.17. The Labute approximate surface area is 92.3 Å². The van der Waals surface area contributed by atoms with Crippen LogP contribution in [0.2, 0.25) is 0 Å². The number of carbonyl (C=O) groups excluding carboxylic acids is 1. The predicted octanol–water partition coefficient (Wildman–Crippen LogP) is 1.59. The maximum absolute atomic E-state index is 11.3. The van der Waals surface area contributed by atoms with Gasteiger partial charge < -0.3 is 5.73 Å². The van der Waals surface area contributed by atoms with Crippen LogP contribution in [0.1, 0.15) is 6.42 Å². The first-order valence-electron chi connectivity index (χ1n) is 5.05. The number of carbonyl (C=O) groups is 1. The Balaban J connectivity index is 2.16. The van der Waals surface area contributed by atoms with Crippen molar-refractivity contribution in [2.75, 3.05) is 4.90 Å². The van der Waals surface area contributed by atoms with E-state index in [4.69, 9.17) is 5.73 Å². The third-order valence-corrected chi connectivity index (χ3v) is 2.66. The molecule has 2 N–H and O–H groups in total. The molecule has 1 aliphatic heterocycles. The van der Waals surface area contributed by atoms with E-state index in [1.165, 1.54) is 4.90 Å². The van der Waals surface area contributed by atoms with E-state index < -0.39 is 6.03 Å². The van der Waals surface area contributed by atoms with Gasteiger partial charge in [0.15, 0.2) is 5.82 Å². The van der Waals surface area contributed by atoms with Crippen molar-refractivity contribution in [1.29, 1.82) is 0 Å². The topological polar surface area (TPSA) is 71.6 Å². The molecule has 1 aromatic heterocycles. The highest BCUT2D eigenvalue weighted by Gasteiger charge is 2.32. The van der Waals surface area contributed by atoms with E-state index in [2.05, 4.69) is 9.98 Å². The quantitative estimate of drug-likeness (QED) is 0.712. The van der Waals surface area contributed by atoms with Crippen LogP contribution in [0.5, 0.6) is 0 Å². The minimum atomic E-state index is -0.546. The molecule has 80 valence electrons. The average molecular weight is 214 g/mol. The van der Waals surface area contributed by atoms with Crippen molar-refractivity contribution in [3.63, 3.8) is 0 Å². The summed E-state index contributed by atoms with van der Waals surface area (Å²) in [5.41, 5.74) is 7.14. The van der Waals surface area contributed by atoms with E-state index in [1.54, 1.807) is 18.5 Å². The summed E-state index contributed by atoms with van der Waals surface area (Å²) in [4.78, 5) is 21.2. The summed E-state index contributed by atoms with van der Waals surface area (Å²) >= 11 is 0. The van der Waals surface area contributed by atoms with E-state index in [0.717, 1.165) is 12.1 Å². The molecule has 0 bridgehead atoms.